The number of aryl methyl sites for hydroxylation is 1. The summed E-state index contributed by atoms with van der Waals surface area (Å²) in [5.41, 5.74) is 3.51. The van der Waals surface area contributed by atoms with E-state index >= 15 is 0 Å². The summed E-state index contributed by atoms with van der Waals surface area (Å²) in [6.07, 6.45) is 3.26. The molecule has 36 heavy (non-hydrogen) atoms. The van der Waals surface area contributed by atoms with Crippen molar-refractivity contribution >= 4 is 57.2 Å². The first-order chi connectivity index (χ1) is 19.4. The zero-order valence-corrected chi connectivity index (χ0v) is 20.2. The molecule has 186 valence electrons. The fourth-order valence-electron chi connectivity index (χ4n) is 5.26. The number of fused-ring (bicyclic) bond motifs is 12. The minimum absolute atomic E-state index is 0. The predicted octanol–water partition coefficient (Wildman–Crippen LogP) is 3.94. The summed E-state index contributed by atoms with van der Waals surface area (Å²) >= 11 is 0. The molecule has 8 heteroatoms. The zero-order chi connectivity index (χ0) is 29.1. The van der Waals surface area contributed by atoms with Gasteiger partial charge < -0.3 is 18.8 Å². The number of imide groups is 1. The Morgan fingerprint density at radius 2 is 1.47 bits per heavy atom. The molecule has 7 nitrogen and oxygen atoms in total. The van der Waals surface area contributed by atoms with E-state index in [4.69, 9.17) is 13.0 Å². The molecule has 4 heterocycles. The molecule has 2 aliphatic rings. The van der Waals surface area contributed by atoms with Crippen LogP contribution in [0.5, 0.6) is 0 Å². The van der Waals surface area contributed by atoms with Gasteiger partial charge in [-0.15, -0.1) is 12.4 Å². The number of nitrogens with one attached hydrogen (secondary N) is 1. The van der Waals surface area contributed by atoms with Gasteiger partial charge in [-0.2, -0.15) is 0 Å². The molecule has 0 aliphatic carbocycles. The Kier molecular flexibility index (Phi) is 4.77. The number of amides is 2. The summed E-state index contributed by atoms with van der Waals surface area (Å²) in [4.78, 5) is 27.1. The molecule has 6 rings (SSSR count). The molecular weight excluding hydrogens is 476 g/mol. The maximum Gasteiger partial charge on any atom is 0.259 e. The van der Waals surface area contributed by atoms with E-state index < -0.39 is 31.9 Å². The van der Waals surface area contributed by atoms with E-state index in [0.717, 1.165) is 21.8 Å². The normalized spacial score (nSPS) is 21.5. The number of rotatable bonds is 2. The van der Waals surface area contributed by atoms with Crippen molar-refractivity contribution in [3.8, 4) is 0 Å². The molecule has 2 aromatic carbocycles. The van der Waals surface area contributed by atoms with Gasteiger partial charge >= 0.3 is 0 Å². The van der Waals surface area contributed by atoms with Crippen molar-refractivity contribution in [1.82, 2.24) is 19.4 Å². The second kappa shape index (κ2) is 9.58. The number of hydrogen-bond acceptors (Lipinski definition) is 4. The van der Waals surface area contributed by atoms with Crippen molar-refractivity contribution in [1.29, 1.82) is 0 Å². The Morgan fingerprint density at radius 1 is 0.917 bits per heavy atom. The molecule has 2 amide bonds. The third-order valence-corrected chi connectivity index (χ3v) is 6.81. The Hall–Kier alpha value is -3.39. The number of ether oxygens (including phenoxy) is 1. The van der Waals surface area contributed by atoms with Crippen LogP contribution in [0.2, 0.25) is 0 Å². The number of aromatic nitrogens is 2. The highest BCUT2D eigenvalue weighted by Crippen LogP contribution is 2.39. The average molecular weight is 511 g/mol. The van der Waals surface area contributed by atoms with E-state index in [1.54, 1.807) is 0 Å². The molecular formula is C28H29ClN4O3. The van der Waals surface area contributed by atoms with Gasteiger partial charge in [-0.3, -0.25) is 14.9 Å². The number of benzene rings is 2. The summed E-state index contributed by atoms with van der Waals surface area (Å²) in [6, 6.07) is 15.1. The van der Waals surface area contributed by atoms with E-state index in [9.17, 15) is 9.59 Å². The molecule has 0 saturated heterocycles. The molecule has 4 aromatic rings. The van der Waals surface area contributed by atoms with Gasteiger partial charge in [0.2, 0.25) is 0 Å². The Balaban J connectivity index is 0.00000353. The topological polar surface area (TPSA) is 68.5 Å². The van der Waals surface area contributed by atoms with E-state index in [0.29, 0.717) is 46.7 Å². The van der Waals surface area contributed by atoms with Crippen LogP contribution in [-0.2, 0) is 27.4 Å². The van der Waals surface area contributed by atoms with E-state index in [2.05, 4.69) is 5.32 Å². The van der Waals surface area contributed by atoms with Crippen LogP contribution in [0.1, 0.15) is 25.8 Å². The number of carbonyl (C=O) groups is 2. The third kappa shape index (κ3) is 4.03. The lowest BCUT2D eigenvalue weighted by atomic mass is 9.95. The monoisotopic (exact) mass is 510 g/mol. The minimum atomic E-state index is -2.84. The summed E-state index contributed by atoms with van der Waals surface area (Å²) in [5.74, 6) is -0.924. The summed E-state index contributed by atoms with van der Waals surface area (Å²) in [6.45, 7) is -5.08. The number of nitrogens with zero attached hydrogens (tertiary/aromatic N) is 3. The lowest BCUT2D eigenvalue weighted by Crippen LogP contribution is -2.30. The summed E-state index contributed by atoms with van der Waals surface area (Å²) in [7, 11) is 0. The van der Waals surface area contributed by atoms with Crippen molar-refractivity contribution in [2.24, 2.45) is 0 Å². The number of para-hydroxylation sites is 2. The fourth-order valence-corrected chi connectivity index (χ4v) is 5.26. The van der Waals surface area contributed by atoms with Gasteiger partial charge in [-0.25, -0.2) is 0 Å². The number of hydrogen-bond donors (Lipinski definition) is 1. The Morgan fingerprint density at radius 3 is 2.06 bits per heavy atom. The highest BCUT2D eigenvalue weighted by Gasteiger charge is 2.35. The van der Waals surface area contributed by atoms with Crippen LogP contribution in [0.15, 0.2) is 60.9 Å². The van der Waals surface area contributed by atoms with Crippen molar-refractivity contribution < 1.29 is 22.6 Å². The lowest BCUT2D eigenvalue weighted by Gasteiger charge is -2.22. The second-order valence-corrected chi connectivity index (χ2v) is 8.93. The van der Waals surface area contributed by atoms with Crippen LogP contribution in [0.25, 0.3) is 33.0 Å². The smallest absolute Gasteiger partial charge is 0.259 e. The molecule has 2 aliphatic heterocycles. The molecule has 0 unspecified atom stereocenters. The highest BCUT2D eigenvalue weighted by atomic mass is 35.5. The molecule has 2 aromatic heterocycles. The lowest BCUT2D eigenvalue weighted by molar-refractivity contribution is -0.122. The number of likely N-dealkylation sites (N-methyl/N-ethyl adjacent to an activating group) is 1. The van der Waals surface area contributed by atoms with Gasteiger partial charge in [0.15, 0.2) is 0 Å². The van der Waals surface area contributed by atoms with Gasteiger partial charge in [0.25, 0.3) is 11.8 Å². The summed E-state index contributed by atoms with van der Waals surface area (Å²) in [5, 5.41) is 4.07. The summed E-state index contributed by atoms with van der Waals surface area (Å²) < 4.78 is 57.0. The number of halogens is 1. The van der Waals surface area contributed by atoms with E-state index in [1.807, 2.05) is 70.1 Å². The first kappa shape index (κ1) is 17.9. The van der Waals surface area contributed by atoms with Crippen LogP contribution in [0.3, 0.4) is 0 Å². The van der Waals surface area contributed by atoms with Gasteiger partial charge in [-0.05, 0) is 32.5 Å². The van der Waals surface area contributed by atoms with Crippen LogP contribution in [0.4, 0.5) is 0 Å². The molecule has 0 spiro atoms. The molecule has 0 radical (unpaired) electrons. The van der Waals surface area contributed by atoms with E-state index in [-0.39, 0.29) is 25.6 Å². The minimum Gasteiger partial charge on any atom is -0.375 e. The SMILES string of the molecule is Cl.[2H]C([2H])([2H])N(C[C@@H]1CCn2cc(c3ccccc32)C2=C(C(=O)NC2=O)c2cn(c3ccccc23)CCO1)C([2H])([2H])[2H]. The maximum atomic E-state index is 13.3. The van der Waals surface area contributed by atoms with Gasteiger partial charge in [0, 0.05) is 73.2 Å². The predicted molar refractivity (Wildman–Crippen MR) is 144 cm³/mol. The Bertz CT molecular complexity index is 1710. The molecule has 1 N–H and O–H groups in total. The van der Waals surface area contributed by atoms with Crippen molar-refractivity contribution in [2.45, 2.75) is 25.6 Å². The molecule has 0 saturated carbocycles. The second-order valence-electron chi connectivity index (χ2n) is 8.93. The van der Waals surface area contributed by atoms with Crippen molar-refractivity contribution in [2.75, 3.05) is 27.1 Å². The fraction of sp³-hybridized carbons (Fsp3) is 0.286. The standard InChI is InChI=1S/C28H28N4O3.ClH/c1-30(2)15-18-11-12-31-16-21(19-7-3-5-9-23(19)31)25-26(28(34)29-27(25)33)22-17-32(13-14-35-18)24-10-6-4-8-20(22)24;/h3-10,16-18H,11-15H2,1-2H3,(H,29,33,34);1H/t18-;/m0./s1/i1D3,2D3;. The number of carbonyl (C=O) groups excluding carboxylic acids is 2. The van der Waals surface area contributed by atoms with Crippen LogP contribution in [0, 0.1) is 0 Å². The van der Waals surface area contributed by atoms with Gasteiger partial charge in [-0.1, -0.05) is 36.4 Å². The molecule has 1 atom stereocenters. The first-order valence-corrected chi connectivity index (χ1v) is 11.6. The molecule has 0 fully saturated rings. The van der Waals surface area contributed by atoms with Crippen LogP contribution in [-0.4, -0.2) is 59.1 Å². The van der Waals surface area contributed by atoms with Gasteiger partial charge in [0.05, 0.1) is 23.9 Å². The largest absolute Gasteiger partial charge is 0.375 e. The zero-order valence-electron chi connectivity index (χ0n) is 25.4. The molecule has 4 bridgehead atoms. The maximum absolute atomic E-state index is 13.3. The highest BCUT2D eigenvalue weighted by molar-refractivity contribution is 6.50. The van der Waals surface area contributed by atoms with Crippen LogP contribution >= 0.6 is 12.4 Å². The van der Waals surface area contributed by atoms with Crippen LogP contribution < -0.4 is 5.32 Å². The van der Waals surface area contributed by atoms with Crippen molar-refractivity contribution in [3.05, 3.63) is 72.1 Å². The van der Waals surface area contributed by atoms with Crippen molar-refractivity contribution in [3.63, 3.8) is 0 Å². The first-order valence-electron chi connectivity index (χ1n) is 14.6. The quantitative estimate of drug-likeness (QED) is 0.415. The average Bonchev–Trinajstić information content (AvgIpc) is 3.54. The van der Waals surface area contributed by atoms with E-state index in [1.165, 1.54) is 0 Å². The van der Waals surface area contributed by atoms with Gasteiger partial charge in [0.1, 0.15) is 0 Å². The third-order valence-electron chi connectivity index (χ3n) is 6.81. The Labute approximate surface area is 224 Å².